The maximum absolute atomic E-state index is 12.2. The lowest BCUT2D eigenvalue weighted by atomic mass is 9.79. The van der Waals surface area contributed by atoms with Gasteiger partial charge in [-0.1, -0.05) is 5.16 Å². The molecule has 0 unspecified atom stereocenters. The predicted molar refractivity (Wildman–Crippen MR) is 35.7 cm³/mol. The Bertz CT molecular complexity index is 173. The fourth-order valence-corrected chi connectivity index (χ4v) is 1.27. The number of alkyl halides is 2. The van der Waals surface area contributed by atoms with Gasteiger partial charge in [0.05, 0.1) is 0 Å². The van der Waals surface area contributed by atoms with Crippen molar-refractivity contribution in [3.8, 4) is 0 Å². The number of hydrogen-bond acceptors (Lipinski definition) is 2. The van der Waals surface area contributed by atoms with Crippen LogP contribution in [0.2, 0.25) is 0 Å². The van der Waals surface area contributed by atoms with Crippen LogP contribution in [0.5, 0.6) is 0 Å². The summed E-state index contributed by atoms with van der Waals surface area (Å²) >= 11 is 0. The molecule has 0 amide bonds. The number of hydrogen-bond donors (Lipinski definition) is 2. The zero-order valence-corrected chi connectivity index (χ0v) is 5.93. The third-order valence-electron chi connectivity index (χ3n) is 1.80. The smallest absolute Gasteiger partial charge is 0.248 e. The lowest BCUT2D eigenvalue weighted by Crippen LogP contribution is -2.37. The van der Waals surface area contributed by atoms with Gasteiger partial charge in [-0.2, -0.15) is 0 Å². The van der Waals surface area contributed by atoms with Crippen molar-refractivity contribution in [2.45, 2.75) is 25.2 Å². The van der Waals surface area contributed by atoms with Crippen LogP contribution < -0.4 is 5.73 Å². The summed E-state index contributed by atoms with van der Waals surface area (Å²) in [5.74, 6) is -2.59. The van der Waals surface area contributed by atoms with E-state index in [0.717, 1.165) is 0 Å². The van der Waals surface area contributed by atoms with E-state index in [0.29, 0.717) is 0 Å². The molecule has 1 rings (SSSR count). The van der Waals surface area contributed by atoms with Crippen LogP contribution in [0.3, 0.4) is 0 Å². The average molecular weight is 164 g/mol. The molecular weight excluding hydrogens is 154 g/mol. The Morgan fingerprint density at radius 2 is 2.18 bits per heavy atom. The molecular formula is C6H10F2N2O. The minimum atomic E-state index is -2.51. The third kappa shape index (κ3) is 2.03. The van der Waals surface area contributed by atoms with Crippen molar-refractivity contribution in [2.24, 2.45) is 16.8 Å². The van der Waals surface area contributed by atoms with E-state index >= 15 is 0 Å². The van der Waals surface area contributed by atoms with Gasteiger partial charge in [0.15, 0.2) is 0 Å². The number of nitrogens with zero attached hydrogens (tertiary/aromatic N) is 1. The number of rotatable bonds is 2. The maximum Gasteiger partial charge on any atom is 0.248 e. The molecule has 0 aromatic rings. The van der Waals surface area contributed by atoms with Crippen molar-refractivity contribution in [1.82, 2.24) is 0 Å². The van der Waals surface area contributed by atoms with E-state index in [1.165, 1.54) is 0 Å². The van der Waals surface area contributed by atoms with E-state index in [1.807, 2.05) is 0 Å². The third-order valence-corrected chi connectivity index (χ3v) is 1.80. The molecule has 64 valence electrons. The molecule has 0 saturated heterocycles. The predicted octanol–water partition coefficient (Wildman–Crippen LogP) is 1.17. The van der Waals surface area contributed by atoms with Crippen molar-refractivity contribution >= 4 is 5.84 Å². The highest BCUT2D eigenvalue weighted by molar-refractivity contribution is 5.79. The van der Waals surface area contributed by atoms with E-state index in [9.17, 15) is 8.78 Å². The summed E-state index contributed by atoms with van der Waals surface area (Å²) in [6.07, 6.45) is -0.00146. The minimum absolute atomic E-state index is 0.0329. The highest BCUT2D eigenvalue weighted by atomic mass is 19.3. The molecule has 0 aromatic heterocycles. The summed E-state index contributed by atoms with van der Waals surface area (Å²) in [4.78, 5) is 0. The van der Waals surface area contributed by atoms with Crippen LogP contribution in [0.1, 0.15) is 19.3 Å². The topological polar surface area (TPSA) is 58.6 Å². The van der Waals surface area contributed by atoms with Gasteiger partial charge in [0.2, 0.25) is 5.92 Å². The minimum Gasteiger partial charge on any atom is -0.409 e. The number of nitrogens with two attached hydrogens (primary N) is 1. The van der Waals surface area contributed by atoms with Gasteiger partial charge < -0.3 is 10.9 Å². The second-order valence-corrected chi connectivity index (χ2v) is 2.93. The van der Waals surface area contributed by atoms with Gasteiger partial charge in [-0.05, 0) is 5.92 Å². The Morgan fingerprint density at radius 1 is 1.64 bits per heavy atom. The van der Waals surface area contributed by atoms with Crippen LogP contribution >= 0.6 is 0 Å². The van der Waals surface area contributed by atoms with Crippen molar-refractivity contribution < 1.29 is 14.0 Å². The summed E-state index contributed by atoms with van der Waals surface area (Å²) in [5.41, 5.74) is 5.13. The zero-order chi connectivity index (χ0) is 8.48. The van der Waals surface area contributed by atoms with Crippen LogP contribution in [-0.4, -0.2) is 17.0 Å². The van der Waals surface area contributed by atoms with Crippen molar-refractivity contribution in [3.05, 3.63) is 0 Å². The molecule has 5 heteroatoms. The Balaban J connectivity index is 2.24. The largest absolute Gasteiger partial charge is 0.409 e. The van der Waals surface area contributed by atoms with Gasteiger partial charge in [-0.3, -0.25) is 0 Å². The molecule has 0 atom stereocenters. The lowest BCUT2D eigenvalue weighted by Gasteiger charge is -2.34. The molecule has 0 heterocycles. The van der Waals surface area contributed by atoms with Crippen molar-refractivity contribution in [2.75, 3.05) is 0 Å². The summed E-state index contributed by atoms with van der Waals surface area (Å²) in [6.45, 7) is 0. The van der Waals surface area contributed by atoms with E-state index in [-0.39, 0.29) is 31.0 Å². The number of amidine groups is 1. The molecule has 1 aliphatic carbocycles. The van der Waals surface area contributed by atoms with Crippen LogP contribution in [0.4, 0.5) is 8.78 Å². The zero-order valence-electron chi connectivity index (χ0n) is 5.93. The summed E-state index contributed by atoms with van der Waals surface area (Å²) in [6, 6.07) is 0. The van der Waals surface area contributed by atoms with Crippen LogP contribution in [-0.2, 0) is 0 Å². The first-order valence-corrected chi connectivity index (χ1v) is 3.38. The van der Waals surface area contributed by atoms with E-state index < -0.39 is 5.92 Å². The number of halogens is 2. The molecule has 0 spiro atoms. The maximum atomic E-state index is 12.2. The molecule has 0 radical (unpaired) electrons. The summed E-state index contributed by atoms with van der Waals surface area (Å²) in [5, 5.41) is 10.8. The average Bonchev–Trinajstić information content (AvgIpc) is 1.83. The van der Waals surface area contributed by atoms with Gasteiger partial charge in [0.1, 0.15) is 5.84 Å². The Labute approximate surface area is 62.9 Å². The molecule has 0 aromatic carbocycles. The van der Waals surface area contributed by atoms with Crippen molar-refractivity contribution in [1.29, 1.82) is 0 Å². The van der Waals surface area contributed by atoms with Gasteiger partial charge in [-0.25, -0.2) is 8.78 Å². The monoisotopic (exact) mass is 164 g/mol. The Kier molecular flexibility index (Phi) is 1.97. The SMILES string of the molecule is NC(CC1CC(F)(F)C1)=NO. The van der Waals surface area contributed by atoms with Crippen LogP contribution in [0.15, 0.2) is 5.16 Å². The van der Waals surface area contributed by atoms with Crippen LogP contribution in [0.25, 0.3) is 0 Å². The lowest BCUT2D eigenvalue weighted by molar-refractivity contribution is -0.108. The van der Waals surface area contributed by atoms with E-state index in [1.54, 1.807) is 0 Å². The molecule has 1 fully saturated rings. The second-order valence-electron chi connectivity index (χ2n) is 2.93. The summed E-state index contributed by atoms with van der Waals surface area (Å²) < 4.78 is 24.4. The molecule has 0 aliphatic heterocycles. The normalized spacial score (nSPS) is 24.7. The first-order valence-electron chi connectivity index (χ1n) is 3.38. The highest BCUT2D eigenvalue weighted by Gasteiger charge is 2.45. The summed E-state index contributed by atoms with van der Waals surface area (Å²) in [7, 11) is 0. The number of oxime groups is 1. The molecule has 0 bridgehead atoms. The molecule has 11 heavy (non-hydrogen) atoms. The van der Waals surface area contributed by atoms with Gasteiger partial charge in [0.25, 0.3) is 0 Å². The first kappa shape index (κ1) is 8.23. The molecule has 3 N–H and O–H groups in total. The van der Waals surface area contributed by atoms with Gasteiger partial charge >= 0.3 is 0 Å². The second kappa shape index (κ2) is 2.64. The highest BCUT2D eigenvalue weighted by Crippen LogP contribution is 2.43. The fraction of sp³-hybridized carbons (Fsp3) is 0.833. The van der Waals surface area contributed by atoms with E-state index in [2.05, 4.69) is 5.16 Å². The van der Waals surface area contributed by atoms with Crippen molar-refractivity contribution in [3.63, 3.8) is 0 Å². The quantitative estimate of drug-likeness (QED) is 0.278. The Morgan fingerprint density at radius 3 is 2.55 bits per heavy atom. The van der Waals surface area contributed by atoms with Gasteiger partial charge in [-0.15, -0.1) is 0 Å². The molecule has 3 nitrogen and oxygen atoms in total. The standard InChI is InChI=1S/C6H10F2N2O/c7-6(8)2-4(3-6)1-5(9)10-11/h4,11H,1-3H2,(H2,9,10). The Hall–Kier alpha value is -0.870. The van der Waals surface area contributed by atoms with Crippen LogP contribution in [0, 0.1) is 5.92 Å². The van der Waals surface area contributed by atoms with Gasteiger partial charge in [0, 0.05) is 19.3 Å². The fourth-order valence-electron chi connectivity index (χ4n) is 1.27. The first-order chi connectivity index (χ1) is 5.03. The molecule has 1 saturated carbocycles. The molecule has 1 aliphatic rings. The van der Waals surface area contributed by atoms with E-state index in [4.69, 9.17) is 10.9 Å².